The summed E-state index contributed by atoms with van der Waals surface area (Å²) >= 11 is 0. The molecule has 0 saturated carbocycles. The average molecular weight is 307 g/mol. The number of carboxylic acids is 1. The van der Waals surface area contributed by atoms with Crippen LogP contribution in [-0.2, 0) is 14.3 Å². The van der Waals surface area contributed by atoms with Gasteiger partial charge in [-0.1, -0.05) is 6.07 Å². The summed E-state index contributed by atoms with van der Waals surface area (Å²) in [5.74, 6) is -0.745. The van der Waals surface area contributed by atoms with Gasteiger partial charge in [0.1, 0.15) is 6.61 Å². The molecule has 1 aromatic carbocycles. The molecule has 22 heavy (non-hydrogen) atoms. The van der Waals surface area contributed by atoms with Crippen LogP contribution in [0.1, 0.15) is 11.5 Å². The zero-order valence-electron chi connectivity index (χ0n) is 12.2. The van der Waals surface area contributed by atoms with Crippen molar-refractivity contribution in [3.63, 3.8) is 0 Å². The van der Waals surface area contributed by atoms with Crippen LogP contribution in [-0.4, -0.2) is 55.5 Å². The first-order valence-electron chi connectivity index (χ1n) is 6.99. The summed E-state index contributed by atoms with van der Waals surface area (Å²) < 4.78 is 15.4. The lowest BCUT2D eigenvalue weighted by Crippen LogP contribution is -2.32. The summed E-state index contributed by atoms with van der Waals surface area (Å²) in [4.78, 5) is 25.0. The van der Waals surface area contributed by atoms with Crippen molar-refractivity contribution in [2.75, 3.05) is 33.6 Å². The molecule has 2 aliphatic heterocycles. The lowest BCUT2D eigenvalue weighted by molar-refractivity contribution is -0.142. The Hall–Kier alpha value is -2.28. The molecule has 118 valence electrons. The SMILES string of the molecule is COCC(=O)N1C[C@H](C(=O)O)[C@@H](c2ccc3c(c2)OCO3)C1. The minimum Gasteiger partial charge on any atom is -0.481 e. The summed E-state index contributed by atoms with van der Waals surface area (Å²) in [5, 5.41) is 9.44. The van der Waals surface area contributed by atoms with Crippen molar-refractivity contribution in [1.29, 1.82) is 0 Å². The number of fused-ring (bicyclic) bond motifs is 1. The van der Waals surface area contributed by atoms with Crippen LogP contribution >= 0.6 is 0 Å². The van der Waals surface area contributed by atoms with Gasteiger partial charge in [-0.3, -0.25) is 9.59 Å². The molecule has 0 unspecified atom stereocenters. The third-order valence-corrected chi connectivity index (χ3v) is 4.08. The maximum absolute atomic E-state index is 11.9. The molecule has 0 spiro atoms. The number of hydrogen-bond donors (Lipinski definition) is 1. The Morgan fingerprint density at radius 2 is 2.09 bits per heavy atom. The van der Waals surface area contributed by atoms with E-state index in [4.69, 9.17) is 14.2 Å². The Labute approximate surface area is 127 Å². The summed E-state index contributed by atoms with van der Waals surface area (Å²) in [6.45, 7) is 0.680. The molecular formula is C15H17NO6. The second kappa shape index (κ2) is 5.84. The number of carbonyl (C=O) groups excluding carboxylic acids is 1. The molecule has 0 bridgehead atoms. The largest absolute Gasteiger partial charge is 0.481 e. The van der Waals surface area contributed by atoms with Crippen molar-refractivity contribution >= 4 is 11.9 Å². The number of rotatable bonds is 4. The number of carboxylic acid groups (broad SMARTS) is 1. The molecule has 2 aliphatic rings. The minimum absolute atomic E-state index is 0.0415. The monoisotopic (exact) mass is 307 g/mol. The van der Waals surface area contributed by atoms with Crippen molar-refractivity contribution in [2.24, 2.45) is 5.92 Å². The molecule has 1 aromatic rings. The molecular weight excluding hydrogens is 290 g/mol. The Balaban J connectivity index is 1.84. The second-order valence-electron chi connectivity index (χ2n) is 5.40. The van der Waals surface area contributed by atoms with E-state index in [2.05, 4.69) is 0 Å². The Bertz CT molecular complexity index is 602. The molecule has 3 rings (SSSR count). The quantitative estimate of drug-likeness (QED) is 0.881. The van der Waals surface area contributed by atoms with Crippen molar-refractivity contribution < 1.29 is 28.9 Å². The Kier molecular flexibility index (Phi) is 3.89. The van der Waals surface area contributed by atoms with Crippen molar-refractivity contribution in [1.82, 2.24) is 4.90 Å². The van der Waals surface area contributed by atoms with Gasteiger partial charge in [0.2, 0.25) is 12.7 Å². The van der Waals surface area contributed by atoms with Gasteiger partial charge in [-0.05, 0) is 17.7 Å². The standard InChI is InChI=1S/C15H17NO6/c1-20-7-14(17)16-5-10(11(6-16)15(18)19)9-2-3-12-13(4-9)22-8-21-12/h2-4,10-11H,5-8H2,1H3,(H,18,19)/t10-,11+/m1/s1. The summed E-state index contributed by atoms with van der Waals surface area (Å²) in [5.41, 5.74) is 0.837. The smallest absolute Gasteiger partial charge is 0.308 e. The number of benzene rings is 1. The lowest BCUT2D eigenvalue weighted by atomic mass is 9.89. The summed E-state index contributed by atoms with van der Waals surface area (Å²) in [6.07, 6.45) is 0. The average Bonchev–Trinajstić information content (AvgIpc) is 3.13. The molecule has 1 N–H and O–H groups in total. The molecule has 0 aromatic heterocycles. The number of carbonyl (C=O) groups is 2. The molecule has 1 saturated heterocycles. The van der Waals surface area contributed by atoms with Gasteiger partial charge >= 0.3 is 5.97 Å². The first kappa shape index (κ1) is 14.6. The zero-order chi connectivity index (χ0) is 15.7. The second-order valence-corrected chi connectivity index (χ2v) is 5.40. The van der Waals surface area contributed by atoms with Gasteiger partial charge in [-0.25, -0.2) is 0 Å². The van der Waals surface area contributed by atoms with Gasteiger partial charge in [-0.15, -0.1) is 0 Å². The van der Waals surface area contributed by atoms with Crippen LogP contribution in [0.5, 0.6) is 11.5 Å². The summed E-state index contributed by atoms with van der Waals surface area (Å²) in [7, 11) is 1.44. The molecule has 1 amide bonds. The Morgan fingerprint density at radius 3 is 2.82 bits per heavy atom. The fourth-order valence-electron chi connectivity index (χ4n) is 2.95. The van der Waals surface area contributed by atoms with E-state index in [1.165, 1.54) is 12.0 Å². The van der Waals surface area contributed by atoms with Crippen molar-refractivity contribution in [3.05, 3.63) is 23.8 Å². The third-order valence-electron chi connectivity index (χ3n) is 4.08. The number of methoxy groups -OCH3 is 1. The normalized spacial score (nSPS) is 22.9. The minimum atomic E-state index is -0.907. The van der Waals surface area contributed by atoms with Gasteiger partial charge in [0, 0.05) is 26.1 Å². The fraction of sp³-hybridized carbons (Fsp3) is 0.467. The highest BCUT2D eigenvalue weighted by molar-refractivity contribution is 5.80. The number of nitrogens with zero attached hydrogens (tertiary/aromatic N) is 1. The highest BCUT2D eigenvalue weighted by Gasteiger charge is 2.40. The maximum atomic E-state index is 11.9. The van der Waals surface area contributed by atoms with E-state index in [1.54, 1.807) is 12.1 Å². The number of ether oxygens (including phenoxy) is 3. The van der Waals surface area contributed by atoms with Crippen LogP contribution in [0.4, 0.5) is 0 Å². The molecule has 0 radical (unpaired) electrons. The number of amides is 1. The zero-order valence-corrected chi connectivity index (χ0v) is 12.2. The van der Waals surface area contributed by atoms with Crippen LogP contribution < -0.4 is 9.47 Å². The van der Waals surface area contributed by atoms with E-state index in [-0.39, 0.29) is 31.8 Å². The molecule has 2 heterocycles. The molecule has 7 nitrogen and oxygen atoms in total. The first-order valence-corrected chi connectivity index (χ1v) is 6.99. The highest BCUT2D eigenvalue weighted by Crippen LogP contribution is 2.39. The van der Waals surface area contributed by atoms with Crippen LogP contribution in [0.2, 0.25) is 0 Å². The van der Waals surface area contributed by atoms with Crippen LogP contribution in [0, 0.1) is 5.92 Å². The fourth-order valence-corrected chi connectivity index (χ4v) is 2.95. The van der Waals surface area contributed by atoms with Gasteiger partial charge in [0.15, 0.2) is 11.5 Å². The van der Waals surface area contributed by atoms with Crippen molar-refractivity contribution in [3.8, 4) is 11.5 Å². The van der Waals surface area contributed by atoms with Gasteiger partial charge < -0.3 is 24.2 Å². The predicted molar refractivity (Wildman–Crippen MR) is 74.9 cm³/mol. The molecule has 0 aliphatic carbocycles. The van der Waals surface area contributed by atoms with Gasteiger partial charge in [0.05, 0.1) is 5.92 Å². The molecule has 1 fully saturated rings. The molecule has 2 atom stereocenters. The van der Waals surface area contributed by atoms with Gasteiger partial charge in [-0.2, -0.15) is 0 Å². The number of aliphatic carboxylic acids is 1. The first-order chi connectivity index (χ1) is 10.6. The van der Waals surface area contributed by atoms with Crippen molar-refractivity contribution in [2.45, 2.75) is 5.92 Å². The maximum Gasteiger partial charge on any atom is 0.308 e. The van der Waals surface area contributed by atoms with Crippen LogP contribution in [0.25, 0.3) is 0 Å². The summed E-state index contributed by atoms with van der Waals surface area (Å²) in [6, 6.07) is 5.40. The van der Waals surface area contributed by atoms with Crippen LogP contribution in [0.3, 0.4) is 0 Å². The van der Waals surface area contributed by atoms with Gasteiger partial charge in [0.25, 0.3) is 0 Å². The molecule has 7 heteroatoms. The predicted octanol–water partition coefficient (Wildman–Crippen LogP) is 0.688. The van der Waals surface area contributed by atoms with E-state index in [0.717, 1.165) is 5.56 Å². The van der Waals surface area contributed by atoms with E-state index in [1.807, 2.05) is 6.07 Å². The number of likely N-dealkylation sites (tertiary alicyclic amines) is 1. The Morgan fingerprint density at radius 1 is 1.32 bits per heavy atom. The lowest BCUT2D eigenvalue weighted by Gasteiger charge is -2.16. The van der Waals surface area contributed by atoms with E-state index < -0.39 is 11.9 Å². The van der Waals surface area contributed by atoms with E-state index in [9.17, 15) is 14.7 Å². The highest BCUT2D eigenvalue weighted by atomic mass is 16.7. The van der Waals surface area contributed by atoms with E-state index in [0.29, 0.717) is 18.0 Å². The topological polar surface area (TPSA) is 85.3 Å². The van der Waals surface area contributed by atoms with E-state index >= 15 is 0 Å². The third kappa shape index (κ3) is 2.59. The number of hydrogen-bond acceptors (Lipinski definition) is 5. The van der Waals surface area contributed by atoms with Crippen LogP contribution in [0.15, 0.2) is 18.2 Å².